The van der Waals surface area contributed by atoms with Crippen LogP contribution in [-0.4, -0.2) is 93.8 Å². The van der Waals surface area contributed by atoms with Gasteiger partial charge in [0.1, 0.15) is 17.2 Å². The van der Waals surface area contributed by atoms with Crippen molar-refractivity contribution in [3.05, 3.63) is 36.3 Å². The molecule has 0 atom stereocenters. The fraction of sp³-hybridized carbons (Fsp3) is 0.520. The second kappa shape index (κ2) is 10.2. The molecule has 2 aliphatic rings. The van der Waals surface area contributed by atoms with Crippen molar-refractivity contribution in [2.75, 3.05) is 63.6 Å². The Kier molecular flexibility index (Phi) is 6.83. The Bertz CT molecular complexity index is 1160. The first-order chi connectivity index (χ1) is 17.0. The molecule has 0 bridgehead atoms. The van der Waals surface area contributed by atoms with Gasteiger partial charge in [-0.3, -0.25) is 9.69 Å². The number of aliphatic hydroxyl groups excluding tert-OH is 1. The Morgan fingerprint density at radius 1 is 1.11 bits per heavy atom. The molecule has 2 N–H and O–H groups in total. The fourth-order valence-electron chi connectivity index (χ4n) is 5.11. The monoisotopic (exact) mass is 478 g/mol. The molecule has 3 aromatic rings. The minimum Gasteiger partial charge on any atom is -0.395 e. The smallest absolute Gasteiger partial charge is 0.270 e. The Hall–Kier alpha value is -3.24. The molecule has 10 nitrogen and oxygen atoms in total. The molecule has 35 heavy (non-hydrogen) atoms. The number of hydrogen-bond acceptors (Lipinski definition) is 8. The van der Waals surface area contributed by atoms with Gasteiger partial charge in [-0.05, 0) is 31.0 Å². The van der Waals surface area contributed by atoms with Gasteiger partial charge in [0.05, 0.1) is 18.5 Å². The third-order valence-corrected chi connectivity index (χ3v) is 7.01. The fourth-order valence-corrected chi connectivity index (χ4v) is 5.11. The highest BCUT2D eigenvalue weighted by Gasteiger charge is 2.26. The van der Waals surface area contributed by atoms with Crippen molar-refractivity contribution >= 4 is 34.4 Å². The first kappa shape index (κ1) is 23.5. The number of amides is 1. The molecule has 1 aliphatic carbocycles. The maximum Gasteiger partial charge on any atom is 0.270 e. The summed E-state index contributed by atoms with van der Waals surface area (Å²) in [5, 5.41) is 13.3. The number of rotatable bonds is 7. The Balaban J connectivity index is 1.35. The van der Waals surface area contributed by atoms with Crippen molar-refractivity contribution in [3.8, 4) is 0 Å². The number of carbonyl (C=O) groups excluding carboxylic acids is 1. The number of aliphatic hydroxyl groups is 1. The summed E-state index contributed by atoms with van der Waals surface area (Å²) in [6, 6.07) is 6.20. The van der Waals surface area contributed by atoms with Gasteiger partial charge in [0.15, 0.2) is 0 Å². The number of aromatic nitrogens is 4. The van der Waals surface area contributed by atoms with Gasteiger partial charge >= 0.3 is 0 Å². The van der Waals surface area contributed by atoms with Crippen LogP contribution in [0.2, 0.25) is 0 Å². The molecule has 2 fully saturated rings. The third kappa shape index (κ3) is 4.94. The topological polar surface area (TPSA) is 103 Å². The quantitative estimate of drug-likeness (QED) is 0.534. The standard InChI is InChI=1S/C25H34N8O2/c1-30(2)24(35)21-15-18-16-27-25(29-23(18)33(21)20-5-3-4-6-20)28-19-7-8-22(26-17-19)32-11-9-31(10-12-32)13-14-34/h7-8,15-17,20,34H,3-6,9-14H2,1-2H3,(H,27,28,29). The van der Waals surface area contributed by atoms with Crippen LogP contribution in [0.25, 0.3) is 11.0 Å². The highest BCUT2D eigenvalue weighted by atomic mass is 16.3. The van der Waals surface area contributed by atoms with E-state index in [4.69, 9.17) is 10.1 Å². The first-order valence-electron chi connectivity index (χ1n) is 12.4. The molecule has 5 rings (SSSR count). The van der Waals surface area contributed by atoms with Crippen molar-refractivity contribution in [2.45, 2.75) is 31.7 Å². The summed E-state index contributed by atoms with van der Waals surface area (Å²) in [5.74, 6) is 1.42. The first-order valence-corrected chi connectivity index (χ1v) is 12.4. The Morgan fingerprint density at radius 3 is 2.54 bits per heavy atom. The number of carbonyl (C=O) groups is 1. The Morgan fingerprint density at radius 2 is 1.89 bits per heavy atom. The van der Waals surface area contributed by atoms with Gasteiger partial charge in [0.2, 0.25) is 5.95 Å². The van der Waals surface area contributed by atoms with Crippen molar-refractivity contribution in [1.29, 1.82) is 0 Å². The largest absolute Gasteiger partial charge is 0.395 e. The van der Waals surface area contributed by atoms with E-state index in [1.807, 2.05) is 18.2 Å². The zero-order valence-corrected chi connectivity index (χ0v) is 20.5. The van der Waals surface area contributed by atoms with E-state index in [0.29, 0.717) is 11.6 Å². The molecular formula is C25H34N8O2. The number of anilines is 3. The van der Waals surface area contributed by atoms with Gasteiger partial charge in [-0.25, -0.2) is 9.97 Å². The predicted molar refractivity (Wildman–Crippen MR) is 136 cm³/mol. The average Bonchev–Trinajstić information content (AvgIpc) is 3.52. The van der Waals surface area contributed by atoms with E-state index in [0.717, 1.165) is 68.1 Å². The number of nitrogens with one attached hydrogen (secondary N) is 1. The van der Waals surface area contributed by atoms with Crippen LogP contribution in [-0.2, 0) is 0 Å². The van der Waals surface area contributed by atoms with Crippen LogP contribution in [0, 0.1) is 0 Å². The second-order valence-electron chi connectivity index (χ2n) is 9.59. The molecule has 0 radical (unpaired) electrons. The lowest BCUT2D eigenvalue weighted by Gasteiger charge is -2.35. The molecule has 10 heteroatoms. The zero-order chi connectivity index (χ0) is 24.4. The number of nitrogens with zero attached hydrogens (tertiary/aromatic N) is 7. The van der Waals surface area contributed by atoms with Crippen molar-refractivity contribution in [1.82, 2.24) is 29.3 Å². The number of β-amino-alcohol motifs (C(OH)–C–C–N with tert-alkyl or cyclic N) is 1. The number of hydrogen-bond donors (Lipinski definition) is 2. The van der Waals surface area contributed by atoms with Gasteiger partial charge in [0, 0.05) is 64.4 Å². The average molecular weight is 479 g/mol. The number of piperazine rings is 1. The van der Waals surface area contributed by atoms with Gasteiger partial charge in [-0.15, -0.1) is 0 Å². The predicted octanol–water partition coefficient (Wildman–Crippen LogP) is 2.50. The van der Waals surface area contributed by atoms with E-state index in [1.165, 1.54) is 12.8 Å². The van der Waals surface area contributed by atoms with E-state index in [9.17, 15) is 4.79 Å². The summed E-state index contributed by atoms with van der Waals surface area (Å²) in [6.45, 7) is 4.57. The maximum absolute atomic E-state index is 12.9. The normalized spacial score (nSPS) is 17.3. The SMILES string of the molecule is CN(C)C(=O)c1cc2cnc(Nc3ccc(N4CCN(CCO)CC4)nc3)nc2n1C1CCCC1. The van der Waals surface area contributed by atoms with Gasteiger partial charge in [-0.1, -0.05) is 12.8 Å². The molecule has 4 heterocycles. The van der Waals surface area contributed by atoms with E-state index in [-0.39, 0.29) is 18.6 Å². The molecule has 1 saturated carbocycles. The molecule has 1 saturated heterocycles. The van der Waals surface area contributed by atoms with Crippen molar-refractivity contribution in [2.24, 2.45) is 0 Å². The van der Waals surface area contributed by atoms with Crippen LogP contribution in [0.1, 0.15) is 42.2 Å². The van der Waals surface area contributed by atoms with E-state index < -0.39 is 0 Å². The molecule has 3 aromatic heterocycles. The lowest BCUT2D eigenvalue weighted by atomic mass is 10.2. The number of pyridine rings is 1. The number of fused-ring (bicyclic) bond motifs is 1. The minimum absolute atomic E-state index is 0.0126. The molecule has 1 aliphatic heterocycles. The second-order valence-corrected chi connectivity index (χ2v) is 9.59. The van der Waals surface area contributed by atoms with Gasteiger partial charge < -0.3 is 24.8 Å². The lowest BCUT2D eigenvalue weighted by molar-refractivity contribution is 0.0815. The van der Waals surface area contributed by atoms with Crippen LogP contribution < -0.4 is 10.2 Å². The highest BCUT2D eigenvalue weighted by Crippen LogP contribution is 2.35. The molecule has 1 amide bonds. The summed E-state index contributed by atoms with van der Waals surface area (Å²) in [6.07, 6.45) is 8.05. The maximum atomic E-state index is 12.9. The van der Waals surface area contributed by atoms with Crippen molar-refractivity contribution < 1.29 is 9.90 Å². The molecule has 186 valence electrons. The molecular weight excluding hydrogens is 444 g/mol. The summed E-state index contributed by atoms with van der Waals surface area (Å²) < 4.78 is 2.12. The van der Waals surface area contributed by atoms with Gasteiger partial charge in [-0.2, -0.15) is 4.98 Å². The van der Waals surface area contributed by atoms with Crippen LogP contribution in [0.3, 0.4) is 0 Å². The van der Waals surface area contributed by atoms with Crippen LogP contribution >= 0.6 is 0 Å². The lowest BCUT2D eigenvalue weighted by Crippen LogP contribution is -2.47. The van der Waals surface area contributed by atoms with Crippen molar-refractivity contribution in [3.63, 3.8) is 0 Å². The Labute approximate surface area is 205 Å². The van der Waals surface area contributed by atoms with E-state index in [1.54, 1.807) is 31.4 Å². The van der Waals surface area contributed by atoms with Crippen LogP contribution in [0.15, 0.2) is 30.6 Å². The van der Waals surface area contributed by atoms with Gasteiger partial charge in [0.25, 0.3) is 5.91 Å². The third-order valence-electron chi connectivity index (χ3n) is 7.01. The van der Waals surface area contributed by atoms with Crippen LogP contribution in [0.5, 0.6) is 0 Å². The molecule has 0 unspecified atom stereocenters. The zero-order valence-electron chi connectivity index (χ0n) is 20.5. The molecule has 0 spiro atoms. The minimum atomic E-state index is -0.0126. The van der Waals surface area contributed by atoms with Crippen LogP contribution in [0.4, 0.5) is 17.5 Å². The van der Waals surface area contributed by atoms with E-state index in [2.05, 4.69) is 29.7 Å². The summed E-state index contributed by atoms with van der Waals surface area (Å²) in [7, 11) is 3.56. The summed E-state index contributed by atoms with van der Waals surface area (Å²) in [4.78, 5) is 33.0. The summed E-state index contributed by atoms with van der Waals surface area (Å²) >= 11 is 0. The highest BCUT2D eigenvalue weighted by molar-refractivity contribution is 5.97. The van der Waals surface area contributed by atoms with E-state index >= 15 is 0 Å². The summed E-state index contributed by atoms with van der Waals surface area (Å²) in [5.41, 5.74) is 2.29. The molecule has 0 aromatic carbocycles.